The lowest BCUT2D eigenvalue weighted by atomic mass is 10.0. The van der Waals surface area contributed by atoms with Gasteiger partial charge in [-0.1, -0.05) is 22.9 Å². The van der Waals surface area contributed by atoms with Gasteiger partial charge in [0.25, 0.3) is 5.91 Å². The van der Waals surface area contributed by atoms with Gasteiger partial charge in [-0.3, -0.25) is 9.59 Å². The van der Waals surface area contributed by atoms with E-state index in [9.17, 15) is 9.59 Å². The number of rotatable bonds is 3. The molecule has 1 aliphatic rings. The quantitative estimate of drug-likeness (QED) is 0.921. The van der Waals surface area contributed by atoms with Crippen molar-refractivity contribution in [2.24, 2.45) is 5.73 Å². The van der Waals surface area contributed by atoms with Crippen molar-refractivity contribution in [1.82, 2.24) is 19.9 Å². The van der Waals surface area contributed by atoms with Crippen molar-refractivity contribution in [2.75, 3.05) is 6.54 Å². The van der Waals surface area contributed by atoms with Crippen LogP contribution in [0.1, 0.15) is 41.0 Å². The zero-order chi connectivity index (χ0) is 17.3. The Bertz CT molecular complexity index is 766. The van der Waals surface area contributed by atoms with E-state index >= 15 is 0 Å². The van der Waals surface area contributed by atoms with Gasteiger partial charge in [-0.25, -0.2) is 4.68 Å². The molecule has 3 rings (SSSR count). The van der Waals surface area contributed by atoms with Crippen LogP contribution in [0, 0.1) is 13.8 Å². The van der Waals surface area contributed by atoms with Gasteiger partial charge >= 0.3 is 0 Å². The van der Waals surface area contributed by atoms with E-state index < -0.39 is 11.9 Å². The van der Waals surface area contributed by atoms with Crippen LogP contribution in [0.15, 0.2) is 24.3 Å². The SMILES string of the molecule is Cc1ccc(-n2nnc(C(=O)N3CCCCC3C(N)=O)c2C)cc1. The highest BCUT2D eigenvalue weighted by Crippen LogP contribution is 2.21. The molecule has 0 aliphatic carbocycles. The van der Waals surface area contributed by atoms with Crippen molar-refractivity contribution in [3.8, 4) is 5.69 Å². The number of piperidine rings is 1. The van der Waals surface area contributed by atoms with Gasteiger partial charge in [-0.15, -0.1) is 5.10 Å². The molecule has 126 valence electrons. The molecule has 1 aromatic carbocycles. The highest BCUT2D eigenvalue weighted by atomic mass is 16.2. The van der Waals surface area contributed by atoms with Crippen molar-refractivity contribution in [2.45, 2.75) is 39.2 Å². The molecule has 0 bridgehead atoms. The third-order valence-electron chi connectivity index (χ3n) is 4.47. The lowest BCUT2D eigenvalue weighted by Gasteiger charge is -2.33. The third-order valence-corrected chi connectivity index (χ3v) is 4.47. The first-order valence-electron chi connectivity index (χ1n) is 8.08. The number of likely N-dealkylation sites (tertiary alicyclic amines) is 1. The van der Waals surface area contributed by atoms with Crippen molar-refractivity contribution < 1.29 is 9.59 Å². The van der Waals surface area contributed by atoms with E-state index in [-0.39, 0.29) is 11.6 Å². The summed E-state index contributed by atoms with van der Waals surface area (Å²) in [4.78, 5) is 26.0. The first-order valence-corrected chi connectivity index (χ1v) is 8.08. The Morgan fingerprint density at radius 3 is 2.54 bits per heavy atom. The minimum atomic E-state index is -0.560. The summed E-state index contributed by atoms with van der Waals surface area (Å²) in [7, 11) is 0. The fraction of sp³-hybridized carbons (Fsp3) is 0.412. The summed E-state index contributed by atoms with van der Waals surface area (Å²) in [6.07, 6.45) is 2.36. The van der Waals surface area contributed by atoms with Gasteiger partial charge in [0.2, 0.25) is 5.91 Å². The van der Waals surface area contributed by atoms with Gasteiger partial charge in [0.15, 0.2) is 5.69 Å². The maximum Gasteiger partial charge on any atom is 0.277 e. The highest BCUT2D eigenvalue weighted by molar-refractivity contribution is 5.96. The normalized spacial score (nSPS) is 17.8. The first-order chi connectivity index (χ1) is 11.5. The van der Waals surface area contributed by atoms with E-state index in [0.29, 0.717) is 18.7 Å². The lowest BCUT2D eigenvalue weighted by molar-refractivity contribution is -0.123. The van der Waals surface area contributed by atoms with Crippen LogP contribution in [0.2, 0.25) is 0 Å². The van der Waals surface area contributed by atoms with E-state index in [1.165, 1.54) is 4.90 Å². The molecule has 1 aliphatic heterocycles. The van der Waals surface area contributed by atoms with Crippen molar-refractivity contribution >= 4 is 11.8 Å². The van der Waals surface area contributed by atoms with Crippen LogP contribution in [-0.2, 0) is 4.79 Å². The molecule has 1 fully saturated rings. The Morgan fingerprint density at radius 1 is 1.17 bits per heavy atom. The largest absolute Gasteiger partial charge is 0.368 e. The smallest absolute Gasteiger partial charge is 0.277 e. The molecule has 1 unspecified atom stereocenters. The number of nitrogens with zero attached hydrogens (tertiary/aromatic N) is 4. The van der Waals surface area contributed by atoms with Gasteiger partial charge in [-0.05, 0) is 45.2 Å². The molecule has 0 saturated carbocycles. The number of carbonyl (C=O) groups is 2. The number of primary amides is 1. The molecule has 0 radical (unpaired) electrons. The molecule has 1 atom stereocenters. The van der Waals surface area contributed by atoms with E-state index in [1.807, 2.05) is 31.2 Å². The summed E-state index contributed by atoms with van der Waals surface area (Å²) >= 11 is 0. The van der Waals surface area contributed by atoms with Crippen molar-refractivity contribution in [1.29, 1.82) is 0 Å². The van der Waals surface area contributed by atoms with Crippen LogP contribution >= 0.6 is 0 Å². The highest BCUT2D eigenvalue weighted by Gasteiger charge is 2.33. The van der Waals surface area contributed by atoms with Gasteiger partial charge in [-0.2, -0.15) is 0 Å². The monoisotopic (exact) mass is 327 g/mol. The number of amides is 2. The summed E-state index contributed by atoms with van der Waals surface area (Å²) in [6.45, 7) is 4.33. The predicted molar refractivity (Wildman–Crippen MR) is 88.7 cm³/mol. The average Bonchev–Trinajstić information content (AvgIpc) is 2.96. The second kappa shape index (κ2) is 6.43. The van der Waals surface area contributed by atoms with Crippen LogP contribution in [0.3, 0.4) is 0 Å². The molecule has 1 saturated heterocycles. The number of aryl methyl sites for hydroxylation is 1. The minimum Gasteiger partial charge on any atom is -0.368 e. The first kappa shape index (κ1) is 16.2. The summed E-state index contributed by atoms with van der Waals surface area (Å²) in [5.41, 5.74) is 8.35. The van der Waals surface area contributed by atoms with Crippen molar-refractivity contribution in [3.63, 3.8) is 0 Å². The summed E-state index contributed by atoms with van der Waals surface area (Å²) < 4.78 is 1.63. The average molecular weight is 327 g/mol. The minimum absolute atomic E-state index is 0.267. The van der Waals surface area contributed by atoms with Gasteiger partial charge in [0.05, 0.1) is 11.4 Å². The maximum absolute atomic E-state index is 12.8. The molecular weight excluding hydrogens is 306 g/mol. The lowest BCUT2D eigenvalue weighted by Crippen LogP contribution is -2.50. The third kappa shape index (κ3) is 2.89. The fourth-order valence-corrected chi connectivity index (χ4v) is 3.06. The number of nitrogens with two attached hydrogens (primary N) is 1. The molecule has 0 spiro atoms. The van der Waals surface area contributed by atoms with E-state index in [4.69, 9.17) is 5.73 Å². The van der Waals surface area contributed by atoms with Gasteiger partial charge < -0.3 is 10.6 Å². The van der Waals surface area contributed by atoms with Crippen LogP contribution in [0.5, 0.6) is 0 Å². The molecule has 7 heteroatoms. The Labute approximate surface area is 140 Å². The molecular formula is C17H21N5O2. The van der Waals surface area contributed by atoms with Gasteiger partial charge in [0.1, 0.15) is 6.04 Å². The Morgan fingerprint density at radius 2 is 1.88 bits per heavy atom. The molecule has 2 N–H and O–H groups in total. The zero-order valence-corrected chi connectivity index (χ0v) is 13.9. The standard InChI is InChI=1S/C17H21N5O2/c1-11-6-8-13(9-7-11)22-12(2)15(19-20-22)17(24)21-10-4-3-5-14(21)16(18)23/h6-9,14H,3-5,10H2,1-2H3,(H2,18,23). The number of hydrogen-bond acceptors (Lipinski definition) is 4. The molecule has 2 amide bonds. The molecule has 2 heterocycles. The van der Waals surface area contributed by atoms with Crippen molar-refractivity contribution in [3.05, 3.63) is 41.2 Å². The fourth-order valence-electron chi connectivity index (χ4n) is 3.06. The Balaban J connectivity index is 1.91. The van der Waals surface area contributed by atoms with Crippen LogP contribution < -0.4 is 5.73 Å². The maximum atomic E-state index is 12.8. The summed E-state index contributed by atoms with van der Waals surface area (Å²) in [5.74, 6) is -0.749. The topological polar surface area (TPSA) is 94.1 Å². The van der Waals surface area contributed by atoms with Crippen LogP contribution in [-0.4, -0.2) is 44.3 Å². The molecule has 7 nitrogen and oxygen atoms in total. The Hall–Kier alpha value is -2.70. The second-order valence-electron chi connectivity index (χ2n) is 6.18. The van der Waals surface area contributed by atoms with Gasteiger partial charge in [0, 0.05) is 6.54 Å². The molecule has 24 heavy (non-hydrogen) atoms. The number of carbonyl (C=O) groups excluding carboxylic acids is 2. The Kier molecular flexibility index (Phi) is 4.33. The van der Waals surface area contributed by atoms with Crippen LogP contribution in [0.25, 0.3) is 5.69 Å². The molecule has 2 aromatic rings. The van der Waals surface area contributed by atoms with E-state index in [1.54, 1.807) is 11.6 Å². The summed E-state index contributed by atoms with van der Waals surface area (Å²) in [6, 6.07) is 7.25. The number of hydrogen-bond donors (Lipinski definition) is 1. The van der Waals surface area contributed by atoms with Crippen LogP contribution in [0.4, 0.5) is 0 Å². The zero-order valence-electron chi connectivity index (χ0n) is 13.9. The van der Waals surface area contributed by atoms with E-state index in [2.05, 4.69) is 10.3 Å². The predicted octanol–water partition coefficient (Wildman–Crippen LogP) is 1.36. The number of aromatic nitrogens is 3. The summed E-state index contributed by atoms with van der Waals surface area (Å²) in [5, 5.41) is 8.16. The van der Waals surface area contributed by atoms with E-state index in [0.717, 1.165) is 24.1 Å². The molecule has 1 aromatic heterocycles. The second-order valence-corrected chi connectivity index (χ2v) is 6.18. The number of benzene rings is 1.